The zero-order valence-electron chi connectivity index (χ0n) is 71.5. The Morgan fingerprint density at radius 1 is 0.412 bits per heavy atom. The lowest BCUT2D eigenvalue weighted by Crippen LogP contribution is -2.36. The van der Waals surface area contributed by atoms with E-state index in [-0.39, 0.29) is 45.6 Å². The lowest BCUT2D eigenvalue weighted by Gasteiger charge is -2.28. The minimum atomic E-state index is -4.06. The van der Waals surface area contributed by atoms with Crippen LogP contribution in [-0.2, 0) is 43.8 Å². The number of hydrogen-bond donors (Lipinski definition) is 4. The van der Waals surface area contributed by atoms with Gasteiger partial charge in [-0.2, -0.15) is 15.8 Å². The summed E-state index contributed by atoms with van der Waals surface area (Å²) >= 11 is 0. The molecule has 29 nitrogen and oxygen atoms in total. The molecule has 2 amide bonds. The number of likely N-dealkylation sites (tertiary alicyclic amines) is 2. The van der Waals surface area contributed by atoms with E-state index in [1.165, 1.54) is 13.6 Å². The Morgan fingerprint density at radius 3 is 1.15 bits per heavy atom. The van der Waals surface area contributed by atoms with E-state index in [0.29, 0.717) is 144 Å². The Morgan fingerprint density at radius 2 is 0.779 bits per heavy atom. The van der Waals surface area contributed by atoms with Crippen LogP contribution in [0.3, 0.4) is 0 Å². The molecule has 6 fully saturated rings. The van der Waals surface area contributed by atoms with Crippen LogP contribution in [0, 0.1) is 34.0 Å². The number of aromatic amines is 1. The fraction of sp³-hybridized carbons (Fsp3) is 0.260. The minimum Gasteiger partial charge on any atom is -0.488 e. The number of nitriles is 3. The van der Waals surface area contributed by atoms with Crippen LogP contribution in [0.5, 0.6) is 17.2 Å². The van der Waals surface area contributed by atoms with Gasteiger partial charge in [-0.15, -0.1) is 0 Å². The number of H-pyrrole nitrogens is 1. The SMILES string of the molecule is N#Cc1cc(-c2ccnc3[nH]c(-c4ccc(N5CCOCC5)cc4)cc23)ccc1O[C@@H]1CCN(C(=O)CO)C1.N#Cc1cc(-c2ccnc3c2cc(-c2ccc(N4CCOCC4)cc2)n3S(=O)(=O)c2ccccc2)ccc1O[C@@H]1CCN(C(=O)CO)C1.N#Cc1cc(-c2ccnc3c2cc(-c2ccc(N4CCOCC4)cc2)n3S(=O)(=O)c2ccccc2)ccc1O[C@@H]1CCNC1. The van der Waals surface area contributed by atoms with Gasteiger partial charge in [0.1, 0.15) is 72.6 Å². The summed E-state index contributed by atoms with van der Waals surface area (Å²) in [6.07, 6.45) is 6.58. The van der Waals surface area contributed by atoms with E-state index in [4.69, 9.17) is 33.5 Å². The summed E-state index contributed by atoms with van der Waals surface area (Å²) in [5.41, 5.74) is 15.1. The molecule has 0 spiro atoms. The van der Waals surface area contributed by atoms with Crippen molar-refractivity contribution < 1.29 is 65.1 Å². The van der Waals surface area contributed by atoms with Crippen molar-refractivity contribution >= 4 is 82.0 Å². The van der Waals surface area contributed by atoms with Crippen LogP contribution < -0.4 is 34.2 Å². The summed E-state index contributed by atoms with van der Waals surface area (Å²) < 4.78 is 94.4. The topological polar surface area (TPSA) is 362 Å². The average Bonchev–Trinajstić information content (AvgIpc) is 1.59. The molecule has 8 aromatic carbocycles. The van der Waals surface area contributed by atoms with Gasteiger partial charge in [-0.3, -0.25) is 9.59 Å². The highest BCUT2D eigenvalue weighted by Crippen LogP contribution is 2.43. The van der Waals surface area contributed by atoms with E-state index >= 15 is 0 Å². The highest BCUT2D eigenvalue weighted by Gasteiger charge is 2.34. The molecule has 20 rings (SSSR count). The van der Waals surface area contributed by atoms with Gasteiger partial charge in [-0.1, -0.05) is 91.0 Å². The summed E-state index contributed by atoms with van der Waals surface area (Å²) in [5, 5.41) is 53.7. The van der Waals surface area contributed by atoms with E-state index in [1.54, 1.807) is 113 Å². The third kappa shape index (κ3) is 18.6. The van der Waals surface area contributed by atoms with Gasteiger partial charge in [-0.05, 0) is 196 Å². The third-order valence-electron chi connectivity index (χ3n) is 24.4. The van der Waals surface area contributed by atoms with Gasteiger partial charge in [0.15, 0.2) is 11.3 Å². The first-order valence-corrected chi connectivity index (χ1v) is 46.4. The molecule has 0 saturated carbocycles. The molecule has 6 aliphatic rings. The van der Waals surface area contributed by atoms with Gasteiger partial charge in [0.2, 0.25) is 11.8 Å². The Labute approximate surface area is 757 Å². The second-order valence-corrected chi connectivity index (χ2v) is 36.0. The fourth-order valence-corrected chi connectivity index (χ4v) is 20.6. The highest BCUT2D eigenvalue weighted by molar-refractivity contribution is 7.90. The molecule has 0 unspecified atom stereocenters. The highest BCUT2D eigenvalue weighted by atomic mass is 32.2. The number of benzene rings is 8. The quantitative estimate of drug-likeness (QED) is 0.0519. The predicted octanol–water partition coefficient (Wildman–Crippen LogP) is 12.9. The van der Waals surface area contributed by atoms with Crippen molar-refractivity contribution in [1.29, 1.82) is 15.8 Å². The molecule has 6 aromatic heterocycles. The number of amides is 2. The summed E-state index contributed by atoms with van der Waals surface area (Å²) in [6.45, 7) is 11.5. The predicted molar refractivity (Wildman–Crippen MR) is 497 cm³/mol. The normalized spacial score (nSPS) is 17.0. The molecule has 4 N–H and O–H groups in total. The maximum atomic E-state index is 14.3. The Kier molecular flexibility index (Phi) is 26.0. The molecule has 3 atom stereocenters. The first kappa shape index (κ1) is 87.4. The van der Waals surface area contributed by atoms with Crippen molar-refractivity contribution in [2.24, 2.45) is 0 Å². The van der Waals surface area contributed by atoms with Gasteiger partial charge in [-0.25, -0.2) is 39.7 Å². The molecule has 0 aliphatic carbocycles. The number of carbonyl (C=O) groups excluding carboxylic acids is 2. The van der Waals surface area contributed by atoms with Crippen LogP contribution in [-0.4, -0.2) is 226 Å². The minimum absolute atomic E-state index is 0.0231. The number of aliphatic hydroxyl groups is 2. The number of rotatable bonds is 21. The van der Waals surface area contributed by atoms with Crippen molar-refractivity contribution in [3.8, 4) is 103 Å². The third-order valence-corrected chi connectivity index (χ3v) is 27.9. The van der Waals surface area contributed by atoms with Gasteiger partial charge in [0.25, 0.3) is 20.0 Å². The lowest BCUT2D eigenvalue weighted by molar-refractivity contribution is -0.134. The molecule has 0 bridgehead atoms. The monoisotopic (exact) mass is 1790 g/mol. The largest absolute Gasteiger partial charge is 0.488 e. The van der Waals surface area contributed by atoms with Gasteiger partial charge < -0.3 is 73.4 Å². The van der Waals surface area contributed by atoms with Crippen LogP contribution in [0.4, 0.5) is 17.1 Å². The van der Waals surface area contributed by atoms with E-state index in [1.807, 2.05) is 109 Å². The Balaban J connectivity index is 0.000000133. The smallest absolute Gasteiger partial charge is 0.269 e. The second-order valence-electron chi connectivity index (χ2n) is 32.4. The number of fused-ring (bicyclic) bond motifs is 3. The number of anilines is 3. The maximum Gasteiger partial charge on any atom is 0.269 e. The number of aromatic nitrogens is 6. The molecule has 12 heterocycles. The number of morpholine rings is 3. The van der Waals surface area contributed by atoms with Crippen molar-refractivity contribution in [2.45, 2.75) is 47.4 Å². The lowest BCUT2D eigenvalue weighted by atomic mass is 10.0. The summed E-state index contributed by atoms with van der Waals surface area (Å²) in [5.74, 6) is 0.760. The molecule has 14 aromatic rings. The van der Waals surface area contributed by atoms with Gasteiger partial charge >= 0.3 is 0 Å². The zero-order valence-corrected chi connectivity index (χ0v) is 73.1. The Bertz CT molecular complexity index is 6920. The standard InChI is InChI=1S/C36H33N5O6S.C34H31N5O4S.C30H29N5O4/c37-22-27-20-26(8-11-34(27)47-29-13-15-40(23-29)35(43)24-42)31-12-14-38-36-32(31)21-33(41(36)48(44,45)30-4-2-1-3-5-30)25-6-9-28(10-7-25)39-16-18-46-19-17-39;35-22-26-20-25(8-11-33(26)43-28-12-14-36-23-28)30-13-15-37-34-31(30)21-32(39(34)44(40,41)29-4-2-1-3-5-29)24-6-9-27(10-7-24)38-16-18-42-19-17-38;31-17-22-15-21(3-6-28(22)39-24-8-10-35(18-24)29(37)19-36)25-7-9-32-30-26(25)16-27(33-30)20-1-4-23(5-2-20)34-11-13-38-14-12-34/h1-12,14,20-21,29,42H,13,15-19,23-24H2;1-11,13,15,20-21,28,36H,12,14,16-19,23H2;1-7,9,15-16,24,36H,8,10-14,18-19H2,(H,32,33)/t29-;28-;24-/m111/s1. The van der Waals surface area contributed by atoms with Crippen LogP contribution in [0.15, 0.2) is 253 Å². The summed E-state index contributed by atoms with van der Waals surface area (Å²) in [4.78, 5) is 51.1. The van der Waals surface area contributed by atoms with Crippen LogP contribution in [0.25, 0.3) is 100 Å². The molecule has 664 valence electrons. The number of nitrogens with one attached hydrogen (secondary N) is 2. The van der Waals surface area contributed by atoms with E-state index in [2.05, 4.69) is 88.5 Å². The van der Waals surface area contributed by atoms with Crippen molar-refractivity contribution in [2.75, 3.05) is 146 Å². The fourth-order valence-electron chi connectivity index (χ4n) is 17.6. The number of ether oxygens (including phenoxy) is 6. The van der Waals surface area contributed by atoms with Crippen molar-refractivity contribution in [3.05, 3.63) is 260 Å². The second kappa shape index (κ2) is 38.9. The molecule has 6 aliphatic heterocycles. The van der Waals surface area contributed by atoms with Crippen LogP contribution in [0.2, 0.25) is 0 Å². The average molecular weight is 1790 g/mol. The zero-order chi connectivity index (χ0) is 90.1. The summed E-state index contributed by atoms with van der Waals surface area (Å²) in [7, 11) is -8.08. The van der Waals surface area contributed by atoms with Crippen molar-refractivity contribution in [3.63, 3.8) is 0 Å². The van der Waals surface area contributed by atoms with Gasteiger partial charge in [0, 0.05) is 129 Å². The molecule has 131 heavy (non-hydrogen) atoms. The molecular formula is C100H93N15O14S2. The van der Waals surface area contributed by atoms with Crippen LogP contribution >= 0.6 is 0 Å². The first-order chi connectivity index (χ1) is 64.0. The Hall–Kier alpha value is -14.3. The van der Waals surface area contributed by atoms with E-state index in [0.717, 1.165) is 133 Å². The number of pyridine rings is 3. The molecule has 6 saturated heterocycles. The van der Waals surface area contributed by atoms with Crippen LogP contribution in [0.1, 0.15) is 36.0 Å². The number of aliphatic hydroxyl groups excluding tert-OH is 2. The van der Waals surface area contributed by atoms with E-state index in [9.17, 15) is 47.3 Å². The maximum absolute atomic E-state index is 14.3. The number of nitrogens with zero attached hydrogens (tertiary/aromatic N) is 13. The van der Waals surface area contributed by atoms with Gasteiger partial charge in [0.05, 0.1) is 90.6 Å². The first-order valence-electron chi connectivity index (χ1n) is 43.5. The molecule has 31 heteroatoms. The van der Waals surface area contributed by atoms with E-state index < -0.39 is 33.3 Å². The number of carbonyl (C=O) groups is 2. The summed E-state index contributed by atoms with van der Waals surface area (Å²) in [6, 6.07) is 75.5. The van der Waals surface area contributed by atoms with Crippen molar-refractivity contribution in [1.82, 2.24) is 43.0 Å². The molecule has 0 radical (unpaired) electrons. The number of hydrogen-bond acceptors (Lipinski definition) is 24. The molecular weight excluding hydrogens is 1700 g/mol.